The predicted octanol–water partition coefficient (Wildman–Crippen LogP) is 3.80. The van der Waals surface area contributed by atoms with Crippen LogP contribution in [0.4, 0.5) is 0 Å². The first-order valence-electron chi connectivity index (χ1n) is 9.27. The van der Waals surface area contributed by atoms with E-state index in [1.54, 1.807) is 47.4 Å². The number of methoxy groups -OCH3 is 1. The highest BCUT2D eigenvalue weighted by Gasteiger charge is 2.25. The number of benzene rings is 2. The van der Waals surface area contributed by atoms with Gasteiger partial charge in [-0.3, -0.25) is 9.59 Å². The molecule has 8 heteroatoms. The number of nitrogens with one attached hydrogen (secondary N) is 1. The van der Waals surface area contributed by atoms with E-state index >= 15 is 0 Å². The molecule has 0 aromatic heterocycles. The van der Waals surface area contributed by atoms with Gasteiger partial charge in [-0.2, -0.15) is 0 Å². The van der Waals surface area contributed by atoms with E-state index in [0.717, 1.165) is 0 Å². The fourth-order valence-corrected chi connectivity index (χ4v) is 3.46. The van der Waals surface area contributed by atoms with E-state index in [4.69, 9.17) is 32.7 Å². The molecular formula is C21H22Cl2N2O4. The summed E-state index contributed by atoms with van der Waals surface area (Å²) in [6, 6.07) is 11.8. The quantitative estimate of drug-likeness (QED) is 0.747. The van der Waals surface area contributed by atoms with E-state index < -0.39 is 0 Å². The van der Waals surface area contributed by atoms with Crippen molar-refractivity contribution in [3.05, 3.63) is 58.1 Å². The van der Waals surface area contributed by atoms with Crippen molar-refractivity contribution in [3.63, 3.8) is 0 Å². The highest BCUT2D eigenvalue weighted by atomic mass is 35.5. The minimum Gasteiger partial charge on any atom is -0.496 e. The van der Waals surface area contributed by atoms with Gasteiger partial charge in [-0.05, 0) is 55.3 Å². The number of halogens is 2. The molecule has 0 radical (unpaired) electrons. The fourth-order valence-electron chi connectivity index (χ4n) is 3.16. The molecule has 0 aliphatic carbocycles. The second kappa shape index (κ2) is 9.85. The van der Waals surface area contributed by atoms with Crippen LogP contribution in [-0.2, 0) is 4.79 Å². The molecule has 3 rings (SSSR count). The number of piperidine rings is 1. The van der Waals surface area contributed by atoms with Gasteiger partial charge in [0.15, 0.2) is 6.61 Å². The Morgan fingerprint density at radius 2 is 1.72 bits per heavy atom. The summed E-state index contributed by atoms with van der Waals surface area (Å²) in [6.45, 7) is 1.08. The van der Waals surface area contributed by atoms with Gasteiger partial charge in [-0.25, -0.2) is 0 Å². The van der Waals surface area contributed by atoms with Crippen LogP contribution >= 0.6 is 23.2 Å². The molecule has 0 saturated carbocycles. The maximum Gasteiger partial charge on any atom is 0.260 e. The number of ether oxygens (including phenoxy) is 2. The molecule has 1 aliphatic heterocycles. The summed E-state index contributed by atoms with van der Waals surface area (Å²) in [5.74, 6) is 0.751. The largest absolute Gasteiger partial charge is 0.496 e. The molecule has 0 spiro atoms. The SMILES string of the molecule is COc1ccc(Cl)cc1C(=O)NC1CCN(C(=O)COc2ccc(Cl)cc2)CC1. The summed E-state index contributed by atoms with van der Waals surface area (Å²) < 4.78 is 10.8. The molecule has 154 valence electrons. The fraction of sp³-hybridized carbons (Fsp3) is 0.333. The van der Waals surface area contributed by atoms with E-state index in [0.29, 0.717) is 53.0 Å². The number of carbonyl (C=O) groups is 2. The smallest absolute Gasteiger partial charge is 0.260 e. The first kappa shape index (κ1) is 21.3. The first-order valence-corrected chi connectivity index (χ1v) is 10.0. The molecule has 1 aliphatic rings. The average Bonchev–Trinajstić information content (AvgIpc) is 2.73. The summed E-state index contributed by atoms with van der Waals surface area (Å²) in [5, 5.41) is 4.08. The van der Waals surface area contributed by atoms with Crippen molar-refractivity contribution in [1.82, 2.24) is 10.2 Å². The molecule has 1 heterocycles. The number of carbonyl (C=O) groups excluding carboxylic acids is 2. The lowest BCUT2D eigenvalue weighted by Crippen LogP contribution is -2.47. The minimum absolute atomic E-state index is 0.0209. The third-order valence-electron chi connectivity index (χ3n) is 4.76. The maximum atomic E-state index is 12.6. The monoisotopic (exact) mass is 436 g/mol. The van der Waals surface area contributed by atoms with Gasteiger partial charge >= 0.3 is 0 Å². The van der Waals surface area contributed by atoms with Crippen LogP contribution in [0, 0.1) is 0 Å². The molecule has 1 fully saturated rings. The van der Waals surface area contributed by atoms with Crippen LogP contribution in [0.3, 0.4) is 0 Å². The van der Waals surface area contributed by atoms with Gasteiger partial charge < -0.3 is 19.7 Å². The van der Waals surface area contributed by atoms with E-state index in [-0.39, 0.29) is 24.5 Å². The zero-order valence-electron chi connectivity index (χ0n) is 16.0. The Morgan fingerprint density at radius 3 is 2.38 bits per heavy atom. The van der Waals surface area contributed by atoms with Gasteiger partial charge in [0.05, 0.1) is 12.7 Å². The van der Waals surface area contributed by atoms with E-state index in [9.17, 15) is 9.59 Å². The van der Waals surface area contributed by atoms with Crippen molar-refractivity contribution in [2.24, 2.45) is 0 Å². The summed E-state index contributed by atoms with van der Waals surface area (Å²) in [7, 11) is 1.51. The van der Waals surface area contributed by atoms with Crippen molar-refractivity contribution in [3.8, 4) is 11.5 Å². The third-order valence-corrected chi connectivity index (χ3v) is 5.25. The Balaban J connectivity index is 1.47. The Morgan fingerprint density at radius 1 is 1.07 bits per heavy atom. The molecule has 1 N–H and O–H groups in total. The van der Waals surface area contributed by atoms with Crippen molar-refractivity contribution in [2.45, 2.75) is 18.9 Å². The van der Waals surface area contributed by atoms with Crippen molar-refractivity contribution >= 4 is 35.0 Å². The number of amides is 2. The van der Waals surface area contributed by atoms with Crippen LogP contribution in [0.5, 0.6) is 11.5 Å². The van der Waals surface area contributed by atoms with Crippen molar-refractivity contribution in [2.75, 3.05) is 26.8 Å². The Labute approximate surface area is 179 Å². The maximum absolute atomic E-state index is 12.6. The lowest BCUT2D eigenvalue weighted by atomic mass is 10.0. The van der Waals surface area contributed by atoms with E-state index in [2.05, 4.69) is 5.32 Å². The lowest BCUT2D eigenvalue weighted by Gasteiger charge is -2.32. The zero-order valence-corrected chi connectivity index (χ0v) is 17.5. The number of hydrogen-bond donors (Lipinski definition) is 1. The molecule has 2 amide bonds. The van der Waals surface area contributed by atoms with Crippen LogP contribution < -0.4 is 14.8 Å². The van der Waals surface area contributed by atoms with Crippen LogP contribution in [-0.4, -0.2) is 49.6 Å². The molecule has 2 aromatic carbocycles. The Hall–Kier alpha value is -2.44. The second-order valence-corrected chi connectivity index (χ2v) is 7.59. The molecule has 29 heavy (non-hydrogen) atoms. The van der Waals surface area contributed by atoms with Gasteiger partial charge in [0.2, 0.25) is 0 Å². The summed E-state index contributed by atoms with van der Waals surface area (Å²) >= 11 is 11.8. The van der Waals surface area contributed by atoms with Gasteiger partial charge in [0.25, 0.3) is 11.8 Å². The van der Waals surface area contributed by atoms with Crippen LogP contribution in [0.1, 0.15) is 23.2 Å². The number of hydrogen-bond acceptors (Lipinski definition) is 4. The molecule has 2 aromatic rings. The zero-order chi connectivity index (χ0) is 20.8. The van der Waals surface area contributed by atoms with Crippen molar-refractivity contribution < 1.29 is 19.1 Å². The summed E-state index contributed by atoms with van der Waals surface area (Å²) in [5.41, 5.74) is 0.398. The Bertz CT molecular complexity index is 865. The highest BCUT2D eigenvalue weighted by molar-refractivity contribution is 6.31. The second-order valence-electron chi connectivity index (χ2n) is 6.72. The molecule has 0 bridgehead atoms. The van der Waals surface area contributed by atoms with Crippen LogP contribution in [0.15, 0.2) is 42.5 Å². The Kier molecular flexibility index (Phi) is 7.23. The molecule has 1 saturated heterocycles. The van der Waals surface area contributed by atoms with Gasteiger partial charge in [0, 0.05) is 29.2 Å². The molecule has 6 nitrogen and oxygen atoms in total. The van der Waals surface area contributed by atoms with E-state index in [1.807, 2.05) is 0 Å². The van der Waals surface area contributed by atoms with E-state index in [1.165, 1.54) is 7.11 Å². The van der Waals surface area contributed by atoms with Gasteiger partial charge in [-0.15, -0.1) is 0 Å². The number of likely N-dealkylation sites (tertiary alicyclic amines) is 1. The van der Waals surface area contributed by atoms with Crippen LogP contribution in [0.25, 0.3) is 0 Å². The van der Waals surface area contributed by atoms with Gasteiger partial charge in [-0.1, -0.05) is 23.2 Å². The van der Waals surface area contributed by atoms with Gasteiger partial charge in [0.1, 0.15) is 11.5 Å². The average molecular weight is 437 g/mol. The summed E-state index contributed by atoms with van der Waals surface area (Å²) in [4.78, 5) is 26.7. The highest BCUT2D eigenvalue weighted by Crippen LogP contribution is 2.23. The normalized spacial score (nSPS) is 14.4. The first-order chi connectivity index (χ1) is 14.0. The predicted molar refractivity (Wildman–Crippen MR) is 112 cm³/mol. The molecule has 0 atom stereocenters. The van der Waals surface area contributed by atoms with Crippen molar-refractivity contribution in [1.29, 1.82) is 0 Å². The molecule has 0 unspecified atom stereocenters. The minimum atomic E-state index is -0.236. The number of rotatable bonds is 6. The van der Waals surface area contributed by atoms with Crippen LogP contribution in [0.2, 0.25) is 10.0 Å². The molecular weight excluding hydrogens is 415 g/mol. The standard InChI is InChI=1S/C21H22Cl2N2O4/c1-28-19-7-4-15(23)12-18(19)21(27)24-16-8-10-25(11-9-16)20(26)13-29-17-5-2-14(22)3-6-17/h2-7,12,16H,8-11,13H2,1H3,(H,24,27). The summed E-state index contributed by atoms with van der Waals surface area (Å²) in [6.07, 6.45) is 1.34. The number of nitrogens with zero attached hydrogens (tertiary/aromatic N) is 1. The third kappa shape index (κ3) is 5.78. The lowest BCUT2D eigenvalue weighted by molar-refractivity contribution is -0.134. The topological polar surface area (TPSA) is 67.9 Å².